The van der Waals surface area contributed by atoms with Crippen LogP contribution in [0.4, 0.5) is 24.7 Å². The van der Waals surface area contributed by atoms with Gasteiger partial charge in [-0.05, 0) is 43.5 Å². The first kappa shape index (κ1) is 30.1. The van der Waals surface area contributed by atoms with Crippen LogP contribution in [0.15, 0.2) is 41.3 Å². The largest absolute Gasteiger partial charge is 0.479 e. The number of anilines is 2. The summed E-state index contributed by atoms with van der Waals surface area (Å²) in [5.41, 5.74) is -5.67. The number of methoxy groups -OCH3 is 1. The van der Waals surface area contributed by atoms with Crippen molar-refractivity contribution in [2.24, 2.45) is 5.41 Å². The number of nitriles is 1. The van der Waals surface area contributed by atoms with Crippen LogP contribution in [0.25, 0.3) is 10.9 Å². The molecule has 2 aromatic heterocycles. The summed E-state index contributed by atoms with van der Waals surface area (Å²) >= 11 is 0. The molecule has 0 amide bonds. The van der Waals surface area contributed by atoms with E-state index in [4.69, 9.17) is 9.47 Å². The average molecular weight is 576 g/mol. The number of nitrogens with one attached hydrogen (secondary N) is 2. The Labute approximate surface area is 234 Å². The number of nitrogens with zero attached hydrogens (tertiary/aromatic N) is 3. The Morgan fingerprint density at radius 3 is 2.37 bits per heavy atom. The minimum absolute atomic E-state index is 0.0718. The lowest BCUT2D eigenvalue weighted by Crippen LogP contribution is -2.59. The molecule has 3 N–H and O–H groups in total. The number of hydrogen-bond acceptors (Lipinski definition) is 7. The molecule has 3 aromatic rings. The number of halogens is 3. The van der Waals surface area contributed by atoms with Crippen LogP contribution in [0.5, 0.6) is 0 Å². The van der Waals surface area contributed by atoms with E-state index in [9.17, 15) is 33.1 Å². The molecule has 0 radical (unpaired) electrons. The Balaban J connectivity index is 1.76. The van der Waals surface area contributed by atoms with Gasteiger partial charge < -0.3 is 24.9 Å². The number of carbonyl (C=O) groups is 1. The molecule has 13 heteroatoms. The number of aliphatic carboxylic acids is 1. The summed E-state index contributed by atoms with van der Waals surface area (Å²) in [7, 11) is 0.985. The van der Waals surface area contributed by atoms with Gasteiger partial charge in [0.05, 0.1) is 30.2 Å². The SMILES string of the molecule is COC(C)(c1ccc(Nc2nn(C3(CC#N)CCC(C(=O)O)(C(C)(C)C)OC3)c3cc[nH]c(=O)c23)cc1)C(F)(F)F. The maximum absolute atomic E-state index is 13.6. The number of alkyl halides is 3. The standard InChI is InChI=1S/C28H32F3N5O5/c1-24(2,3)27(23(38)39)12-11-26(13-14-32,16-41-27)36-19-10-15-33-22(37)20(19)21(35-36)34-18-8-6-17(7-9-18)25(4,40-5)28(29,30)31/h6-10,15H,11-13,16H2,1-5H3,(H,33,37)(H,34,35)(H,38,39). The molecule has 3 atom stereocenters. The number of aromatic amines is 1. The van der Waals surface area contributed by atoms with Crippen molar-refractivity contribution in [3.05, 3.63) is 52.4 Å². The molecule has 0 spiro atoms. The third kappa shape index (κ3) is 4.85. The van der Waals surface area contributed by atoms with Crippen LogP contribution in [0, 0.1) is 16.7 Å². The molecule has 0 aliphatic carbocycles. The van der Waals surface area contributed by atoms with Gasteiger partial charge in [0, 0.05) is 24.4 Å². The maximum Gasteiger partial charge on any atom is 0.421 e. The summed E-state index contributed by atoms with van der Waals surface area (Å²) in [6.07, 6.45) is -2.96. The Kier molecular flexibility index (Phi) is 7.47. The molecule has 4 rings (SSSR count). The summed E-state index contributed by atoms with van der Waals surface area (Å²) < 4.78 is 53.3. The second kappa shape index (κ2) is 10.2. The van der Waals surface area contributed by atoms with Crippen LogP contribution in [0.1, 0.15) is 52.5 Å². The molecular weight excluding hydrogens is 543 g/mol. The highest BCUT2D eigenvalue weighted by molar-refractivity contribution is 5.91. The highest BCUT2D eigenvalue weighted by Crippen LogP contribution is 2.47. The van der Waals surface area contributed by atoms with Crippen molar-refractivity contribution >= 4 is 28.4 Å². The van der Waals surface area contributed by atoms with E-state index < -0.39 is 39.9 Å². The fraction of sp³-hybridized carbons (Fsp3) is 0.500. The maximum atomic E-state index is 13.6. The Hall–Kier alpha value is -3.89. The van der Waals surface area contributed by atoms with Crippen LogP contribution >= 0.6 is 0 Å². The lowest BCUT2D eigenvalue weighted by atomic mass is 9.69. The smallest absolute Gasteiger partial charge is 0.421 e. The Morgan fingerprint density at radius 1 is 1.22 bits per heavy atom. The number of pyridine rings is 1. The van der Waals surface area contributed by atoms with Gasteiger partial charge in [0.1, 0.15) is 5.39 Å². The zero-order valence-electron chi connectivity index (χ0n) is 23.3. The van der Waals surface area contributed by atoms with Gasteiger partial charge in [0.15, 0.2) is 17.0 Å². The van der Waals surface area contributed by atoms with Gasteiger partial charge in [0.2, 0.25) is 0 Å². The zero-order chi connectivity index (χ0) is 30.4. The number of carboxylic acid groups (broad SMARTS) is 1. The molecular formula is C28H32F3N5O5. The first-order valence-corrected chi connectivity index (χ1v) is 12.9. The Morgan fingerprint density at radius 2 is 1.88 bits per heavy atom. The fourth-order valence-corrected chi connectivity index (χ4v) is 5.35. The van der Waals surface area contributed by atoms with Crippen molar-refractivity contribution in [1.29, 1.82) is 5.26 Å². The van der Waals surface area contributed by atoms with Gasteiger partial charge >= 0.3 is 12.1 Å². The zero-order valence-corrected chi connectivity index (χ0v) is 23.3. The Bertz CT molecular complexity index is 1540. The van der Waals surface area contributed by atoms with Crippen molar-refractivity contribution < 1.29 is 32.5 Å². The van der Waals surface area contributed by atoms with Crippen molar-refractivity contribution in [1.82, 2.24) is 14.8 Å². The second-order valence-corrected chi connectivity index (χ2v) is 11.5. The minimum atomic E-state index is -4.65. The number of fused-ring (bicyclic) bond motifs is 1. The van der Waals surface area contributed by atoms with E-state index >= 15 is 0 Å². The number of H-pyrrole nitrogens is 1. The van der Waals surface area contributed by atoms with E-state index in [1.54, 1.807) is 26.8 Å². The van der Waals surface area contributed by atoms with Crippen molar-refractivity contribution in [2.45, 2.75) is 69.9 Å². The predicted octanol–water partition coefficient (Wildman–Crippen LogP) is 5.18. The van der Waals surface area contributed by atoms with Crippen LogP contribution in [0.2, 0.25) is 0 Å². The molecule has 3 unspecified atom stereocenters. The third-order valence-corrected chi connectivity index (χ3v) is 8.20. The van der Waals surface area contributed by atoms with Gasteiger partial charge in [-0.15, -0.1) is 0 Å². The average Bonchev–Trinajstić information content (AvgIpc) is 3.27. The molecule has 1 aliphatic rings. The van der Waals surface area contributed by atoms with Crippen LogP contribution in [-0.4, -0.2) is 51.3 Å². The molecule has 10 nitrogen and oxygen atoms in total. The molecule has 1 aliphatic heterocycles. The highest BCUT2D eigenvalue weighted by atomic mass is 19.4. The van der Waals surface area contributed by atoms with Gasteiger partial charge in [-0.1, -0.05) is 32.9 Å². The number of benzene rings is 1. The molecule has 1 aromatic carbocycles. The van der Waals surface area contributed by atoms with E-state index in [-0.39, 0.29) is 42.6 Å². The van der Waals surface area contributed by atoms with Gasteiger partial charge in [0.25, 0.3) is 5.56 Å². The van der Waals surface area contributed by atoms with E-state index in [0.717, 1.165) is 14.0 Å². The van der Waals surface area contributed by atoms with Crippen LogP contribution < -0.4 is 10.9 Å². The summed E-state index contributed by atoms with van der Waals surface area (Å²) in [6, 6.07) is 9.14. The number of ether oxygens (including phenoxy) is 2. The number of rotatable bonds is 7. The van der Waals surface area contributed by atoms with Gasteiger partial charge in [-0.25, -0.2) is 4.79 Å². The monoisotopic (exact) mass is 575 g/mol. The number of aromatic nitrogens is 3. The molecule has 0 bridgehead atoms. The van der Waals surface area contributed by atoms with E-state index in [0.29, 0.717) is 11.2 Å². The molecule has 41 heavy (non-hydrogen) atoms. The molecule has 1 saturated heterocycles. The topological polar surface area (TPSA) is 142 Å². The lowest BCUT2D eigenvalue weighted by molar-refractivity contribution is -0.269. The predicted molar refractivity (Wildman–Crippen MR) is 144 cm³/mol. The summed E-state index contributed by atoms with van der Waals surface area (Å²) in [5.74, 6) is -0.985. The van der Waals surface area contributed by atoms with Crippen molar-refractivity contribution in [3.63, 3.8) is 0 Å². The normalized spacial score (nSPS) is 23.1. The van der Waals surface area contributed by atoms with E-state index in [1.807, 2.05) is 0 Å². The highest BCUT2D eigenvalue weighted by Gasteiger charge is 2.56. The molecule has 0 saturated carbocycles. The molecule has 220 valence electrons. The quantitative estimate of drug-likeness (QED) is 0.350. The number of carboxylic acids is 1. The van der Waals surface area contributed by atoms with Gasteiger partial charge in [-0.2, -0.15) is 23.5 Å². The first-order valence-electron chi connectivity index (χ1n) is 12.9. The minimum Gasteiger partial charge on any atom is -0.479 e. The lowest BCUT2D eigenvalue weighted by Gasteiger charge is -2.49. The molecule has 3 heterocycles. The summed E-state index contributed by atoms with van der Waals surface area (Å²) in [4.78, 5) is 27.9. The van der Waals surface area contributed by atoms with Crippen molar-refractivity contribution in [3.8, 4) is 6.07 Å². The van der Waals surface area contributed by atoms with Crippen LogP contribution in [0.3, 0.4) is 0 Å². The summed E-state index contributed by atoms with van der Waals surface area (Å²) in [6.45, 7) is 6.12. The first-order chi connectivity index (χ1) is 19.0. The fourth-order valence-electron chi connectivity index (χ4n) is 5.35. The molecule has 1 fully saturated rings. The van der Waals surface area contributed by atoms with Gasteiger partial charge in [-0.3, -0.25) is 9.48 Å². The number of hydrogen-bond donors (Lipinski definition) is 3. The second-order valence-electron chi connectivity index (χ2n) is 11.5. The van der Waals surface area contributed by atoms with E-state index in [1.165, 1.54) is 35.1 Å². The van der Waals surface area contributed by atoms with Crippen LogP contribution in [-0.2, 0) is 25.4 Å². The third-order valence-electron chi connectivity index (χ3n) is 8.20. The van der Waals surface area contributed by atoms with Crippen molar-refractivity contribution in [2.75, 3.05) is 19.0 Å². The van der Waals surface area contributed by atoms with E-state index in [2.05, 4.69) is 21.5 Å². The summed E-state index contributed by atoms with van der Waals surface area (Å²) in [5, 5.41) is 27.6.